The average Bonchev–Trinajstić information content (AvgIpc) is 2.90. The van der Waals surface area contributed by atoms with E-state index in [1.807, 2.05) is 0 Å². The first-order valence-corrected chi connectivity index (χ1v) is 9.68. The van der Waals surface area contributed by atoms with Gasteiger partial charge >= 0.3 is 12.1 Å². The summed E-state index contributed by atoms with van der Waals surface area (Å²) in [5.41, 5.74) is 0.692. The van der Waals surface area contributed by atoms with Crippen molar-refractivity contribution in [3.8, 4) is 0 Å². The van der Waals surface area contributed by atoms with Crippen molar-refractivity contribution < 1.29 is 26.4 Å². The summed E-state index contributed by atoms with van der Waals surface area (Å²) in [6.07, 6.45) is -3.90. The molecule has 0 aromatic heterocycles. The molecule has 1 aliphatic rings. The molecule has 0 bridgehead atoms. The van der Waals surface area contributed by atoms with E-state index in [9.17, 15) is 26.4 Å². The van der Waals surface area contributed by atoms with Gasteiger partial charge in [-0.05, 0) is 34.5 Å². The molecule has 0 saturated carbocycles. The Labute approximate surface area is 147 Å². The molecule has 1 heterocycles. The largest absolute Gasteiger partial charge is 0.471 e. The number of hydrogen-bond acceptors (Lipinski definition) is 3. The number of alkyl halides is 4. The Morgan fingerprint density at radius 3 is 2.52 bits per heavy atom. The maximum absolute atomic E-state index is 12.8. The molecule has 2 aromatic rings. The lowest BCUT2D eigenvalue weighted by molar-refractivity contribution is -0.170. The summed E-state index contributed by atoms with van der Waals surface area (Å²) in [5.74, 6) is -2.36. The zero-order valence-electron chi connectivity index (χ0n) is 13.0. The van der Waals surface area contributed by atoms with E-state index in [1.54, 1.807) is 6.07 Å². The predicted octanol–water partition coefficient (Wildman–Crippen LogP) is 3.47. The molecule has 2 aromatic carbocycles. The van der Waals surface area contributed by atoms with Crippen LogP contribution >= 0.6 is 11.6 Å². The van der Waals surface area contributed by atoms with Crippen LogP contribution in [-0.4, -0.2) is 39.2 Å². The van der Waals surface area contributed by atoms with E-state index in [-0.39, 0.29) is 23.0 Å². The molecule has 0 aliphatic carbocycles. The molecule has 25 heavy (non-hydrogen) atoms. The number of anilines is 1. The number of benzene rings is 2. The number of fused-ring (bicyclic) bond motifs is 3. The molecule has 1 aliphatic heterocycles. The van der Waals surface area contributed by atoms with Crippen LogP contribution in [0.5, 0.6) is 0 Å². The standard InChI is InChI=1S/C16H13ClF3NO3S/c1-25(23,24)11-3-4-12-9(6-11)2-5-13-14(12)10(7-17)8-21(13)15(22)16(18,19)20/h2-6,10H,7-8H2,1H3. The average molecular weight is 392 g/mol. The van der Waals surface area contributed by atoms with Crippen molar-refractivity contribution in [3.05, 3.63) is 35.9 Å². The number of carbonyl (C=O) groups excluding carboxylic acids is 1. The summed E-state index contributed by atoms with van der Waals surface area (Å²) in [6, 6.07) is 7.32. The Balaban J connectivity index is 2.20. The summed E-state index contributed by atoms with van der Waals surface area (Å²) in [7, 11) is -3.41. The highest BCUT2D eigenvalue weighted by atomic mass is 35.5. The highest BCUT2D eigenvalue weighted by Gasteiger charge is 2.46. The van der Waals surface area contributed by atoms with Crippen LogP contribution in [0.2, 0.25) is 0 Å². The fourth-order valence-corrected chi connectivity index (χ4v) is 4.00. The quantitative estimate of drug-likeness (QED) is 0.736. The number of nitrogens with zero attached hydrogens (tertiary/aromatic N) is 1. The Bertz CT molecular complexity index is 972. The van der Waals surface area contributed by atoms with Gasteiger partial charge in [-0.3, -0.25) is 4.79 Å². The Morgan fingerprint density at radius 2 is 1.96 bits per heavy atom. The molecule has 0 spiro atoms. The zero-order chi connectivity index (χ0) is 18.6. The molecular weight excluding hydrogens is 379 g/mol. The van der Waals surface area contributed by atoms with E-state index in [2.05, 4.69) is 0 Å². The third-order valence-electron chi connectivity index (χ3n) is 4.21. The van der Waals surface area contributed by atoms with Gasteiger partial charge in [-0.25, -0.2) is 8.42 Å². The van der Waals surface area contributed by atoms with Crippen LogP contribution < -0.4 is 4.90 Å². The van der Waals surface area contributed by atoms with E-state index in [0.717, 1.165) is 6.26 Å². The molecule has 0 N–H and O–H groups in total. The number of sulfone groups is 1. The maximum atomic E-state index is 12.8. The van der Waals surface area contributed by atoms with E-state index >= 15 is 0 Å². The van der Waals surface area contributed by atoms with Gasteiger partial charge in [0.05, 0.1) is 4.90 Å². The van der Waals surface area contributed by atoms with Gasteiger partial charge < -0.3 is 4.90 Å². The van der Waals surface area contributed by atoms with E-state index in [0.29, 0.717) is 21.2 Å². The lowest BCUT2D eigenvalue weighted by Crippen LogP contribution is -2.40. The van der Waals surface area contributed by atoms with Gasteiger partial charge in [0.1, 0.15) is 0 Å². The van der Waals surface area contributed by atoms with Gasteiger partial charge in [0.25, 0.3) is 0 Å². The summed E-state index contributed by atoms with van der Waals surface area (Å²) in [4.78, 5) is 12.5. The number of rotatable bonds is 2. The molecular formula is C16H13ClF3NO3S. The first-order chi connectivity index (χ1) is 11.5. The monoisotopic (exact) mass is 391 g/mol. The summed E-state index contributed by atoms with van der Waals surface area (Å²) in [6.45, 7) is -0.163. The van der Waals surface area contributed by atoms with E-state index in [4.69, 9.17) is 11.6 Å². The van der Waals surface area contributed by atoms with Crippen molar-refractivity contribution in [2.45, 2.75) is 17.0 Å². The minimum atomic E-state index is -4.98. The summed E-state index contributed by atoms with van der Waals surface area (Å²) >= 11 is 5.91. The fraction of sp³-hybridized carbons (Fsp3) is 0.312. The van der Waals surface area contributed by atoms with Gasteiger partial charge in [-0.15, -0.1) is 11.6 Å². The normalized spacial score (nSPS) is 17.8. The van der Waals surface area contributed by atoms with Gasteiger partial charge in [-0.2, -0.15) is 13.2 Å². The highest BCUT2D eigenvalue weighted by molar-refractivity contribution is 7.90. The number of amides is 1. The van der Waals surface area contributed by atoms with Crippen molar-refractivity contribution in [2.24, 2.45) is 0 Å². The second-order valence-electron chi connectivity index (χ2n) is 5.92. The Morgan fingerprint density at radius 1 is 1.28 bits per heavy atom. The van der Waals surface area contributed by atoms with E-state index < -0.39 is 27.8 Å². The SMILES string of the molecule is CS(=O)(=O)c1ccc2c3c(ccc2c1)N(C(=O)C(F)(F)F)CC3CCl. The van der Waals surface area contributed by atoms with Gasteiger partial charge in [0, 0.05) is 30.3 Å². The smallest absolute Gasteiger partial charge is 0.304 e. The van der Waals surface area contributed by atoms with E-state index in [1.165, 1.54) is 24.3 Å². The molecule has 1 unspecified atom stereocenters. The van der Waals surface area contributed by atoms with Crippen LogP contribution in [0.4, 0.5) is 18.9 Å². The lowest BCUT2D eigenvalue weighted by Gasteiger charge is -2.19. The minimum Gasteiger partial charge on any atom is -0.304 e. The Hall–Kier alpha value is -1.80. The number of hydrogen-bond donors (Lipinski definition) is 0. The molecule has 3 rings (SSSR count). The van der Waals surface area contributed by atoms with Crippen LogP contribution in [0.3, 0.4) is 0 Å². The van der Waals surface area contributed by atoms with Crippen molar-refractivity contribution in [2.75, 3.05) is 23.6 Å². The van der Waals surface area contributed by atoms with Gasteiger partial charge in [0.15, 0.2) is 9.84 Å². The minimum absolute atomic E-state index is 0.0432. The van der Waals surface area contributed by atoms with Crippen LogP contribution in [0.15, 0.2) is 35.2 Å². The molecule has 134 valence electrons. The van der Waals surface area contributed by atoms with Gasteiger partial charge in [-0.1, -0.05) is 12.1 Å². The second-order valence-corrected chi connectivity index (χ2v) is 8.24. The van der Waals surface area contributed by atoms with Crippen molar-refractivity contribution >= 4 is 43.8 Å². The van der Waals surface area contributed by atoms with Crippen LogP contribution in [0.25, 0.3) is 10.8 Å². The highest BCUT2D eigenvalue weighted by Crippen LogP contribution is 2.43. The number of carbonyl (C=O) groups is 1. The first kappa shape index (κ1) is 18.0. The van der Waals surface area contributed by atoms with Gasteiger partial charge in [0.2, 0.25) is 0 Å². The molecule has 0 saturated heterocycles. The van der Waals surface area contributed by atoms with Crippen molar-refractivity contribution in [3.63, 3.8) is 0 Å². The van der Waals surface area contributed by atoms with Crippen LogP contribution in [0, 0.1) is 0 Å². The third kappa shape index (κ3) is 3.08. The molecule has 0 radical (unpaired) electrons. The molecule has 0 fully saturated rings. The molecule has 1 atom stereocenters. The maximum Gasteiger partial charge on any atom is 0.471 e. The zero-order valence-corrected chi connectivity index (χ0v) is 14.5. The molecule has 1 amide bonds. The predicted molar refractivity (Wildman–Crippen MR) is 88.9 cm³/mol. The summed E-state index contributed by atoms with van der Waals surface area (Å²) < 4.78 is 61.9. The second kappa shape index (κ2) is 5.88. The lowest BCUT2D eigenvalue weighted by atomic mass is 9.96. The molecule has 4 nitrogen and oxygen atoms in total. The van der Waals surface area contributed by atoms with Crippen LogP contribution in [0.1, 0.15) is 11.5 Å². The third-order valence-corrected chi connectivity index (χ3v) is 5.70. The Kier molecular flexibility index (Phi) is 4.23. The number of halogens is 4. The van der Waals surface area contributed by atoms with Crippen molar-refractivity contribution in [1.82, 2.24) is 0 Å². The summed E-state index contributed by atoms with van der Waals surface area (Å²) in [5, 5.41) is 1.16. The topological polar surface area (TPSA) is 54.5 Å². The fourth-order valence-electron chi connectivity index (χ4n) is 3.10. The first-order valence-electron chi connectivity index (χ1n) is 7.25. The van der Waals surface area contributed by atoms with Crippen molar-refractivity contribution in [1.29, 1.82) is 0 Å². The van der Waals surface area contributed by atoms with Crippen LogP contribution in [-0.2, 0) is 14.6 Å². The molecule has 9 heteroatoms.